The molecule has 1 aromatic carbocycles. The lowest BCUT2D eigenvalue weighted by Gasteiger charge is -2.20. The lowest BCUT2D eigenvalue weighted by Crippen LogP contribution is -2.26. The van der Waals surface area contributed by atoms with E-state index in [4.69, 9.17) is 0 Å². The molecule has 0 unspecified atom stereocenters. The summed E-state index contributed by atoms with van der Waals surface area (Å²) in [7, 11) is 0. The van der Waals surface area contributed by atoms with Gasteiger partial charge in [-0.1, -0.05) is 18.9 Å². The highest BCUT2D eigenvalue weighted by Crippen LogP contribution is 2.32. The van der Waals surface area contributed by atoms with Crippen LogP contribution in [-0.2, 0) is 19.6 Å². The number of aromatic nitrogens is 2. The minimum atomic E-state index is -0.745. The average Bonchev–Trinajstić information content (AvgIpc) is 3.27. The van der Waals surface area contributed by atoms with Gasteiger partial charge >= 0.3 is 0 Å². The molecule has 2 aliphatic rings. The van der Waals surface area contributed by atoms with Crippen molar-refractivity contribution >= 4 is 22.4 Å². The molecule has 0 radical (unpaired) electrons. The third-order valence-corrected chi connectivity index (χ3v) is 6.19. The maximum atomic E-state index is 13.4. The van der Waals surface area contributed by atoms with E-state index in [9.17, 15) is 9.18 Å². The van der Waals surface area contributed by atoms with Crippen molar-refractivity contribution < 1.29 is 4.39 Å². The molecule has 1 fully saturated rings. The van der Waals surface area contributed by atoms with E-state index < -0.39 is 6.67 Å². The number of nitrogens with zero attached hydrogens (tertiary/aromatic N) is 2. The number of nitrogens with one attached hydrogen (secondary N) is 2. The summed E-state index contributed by atoms with van der Waals surface area (Å²) >= 11 is 0. The van der Waals surface area contributed by atoms with Crippen molar-refractivity contribution in [2.24, 2.45) is 0 Å². The highest BCUT2D eigenvalue weighted by atomic mass is 19.1. The molecule has 1 saturated carbocycles. The minimum absolute atomic E-state index is 0.142. The Morgan fingerprint density at radius 1 is 1.17 bits per heavy atom. The predicted octanol–water partition coefficient (Wildman–Crippen LogP) is 4.37. The van der Waals surface area contributed by atoms with Gasteiger partial charge in [0.15, 0.2) is 0 Å². The van der Waals surface area contributed by atoms with Crippen LogP contribution < -0.4 is 16.2 Å². The van der Waals surface area contributed by atoms with Crippen molar-refractivity contribution in [1.29, 1.82) is 0 Å². The fraction of sp³-hybridized carbons (Fsp3) is 0.391. The van der Waals surface area contributed by atoms with Gasteiger partial charge in [0.05, 0.1) is 5.52 Å². The van der Waals surface area contributed by atoms with Gasteiger partial charge in [-0.25, -0.2) is 9.37 Å². The molecular weight excluding hydrogens is 367 g/mol. The maximum absolute atomic E-state index is 13.4. The van der Waals surface area contributed by atoms with Crippen molar-refractivity contribution in [3.05, 3.63) is 63.6 Å². The van der Waals surface area contributed by atoms with E-state index >= 15 is 0 Å². The van der Waals surface area contributed by atoms with Crippen LogP contribution in [0.1, 0.15) is 48.4 Å². The summed E-state index contributed by atoms with van der Waals surface area (Å²) in [5.74, 6) is 0.700. The molecule has 6 heteroatoms. The van der Waals surface area contributed by atoms with E-state index in [0.717, 1.165) is 61.8 Å². The summed E-state index contributed by atoms with van der Waals surface area (Å²) in [6.07, 6.45) is 6.91. The molecule has 150 valence electrons. The second-order valence-electron chi connectivity index (χ2n) is 8.08. The van der Waals surface area contributed by atoms with Crippen LogP contribution in [0.4, 0.5) is 15.9 Å². The fourth-order valence-corrected chi connectivity index (χ4v) is 4.68. The molecule has 29 heavy (non-hydrogen) atoms. The van der Waals surface area contributed by atoms with Gasteiger partial charge in [-0.15, -0.1) is 0 Å². The molecule has 0 saturated heterocycles. The molecule has 2 aromatic heterocycles. The second kappa shape index (κ2) is 7.59. The highest BCUT2D eigenvalue weighted by molar-refractivity contribution is 5.82. The zero-order valence-corrected chi connectivity index (χ0v) is 16.4. The van der Waals surface area contributed by atoms with Crippen molar-refractivity contribution in [2.45, 2.75) is 51.4 Å². The number of rotatable bonds is 4. The largest absolute Gasteiger partial charge is 0.340 e. The number of hydrogen-bond acceptors (Lipinski definition) is 4. The quantitative estimate of drug-likeness (QED) is 0.692. The van der Waals surface area contributed by atoms with Gasteiger partial charge < -0.3 is 15.2 Å². The van der Waals surface area contributed by atoms with Gasteiger partial charge in [0.2, 0.25) is 0 Å². The Labute approximate surface area is 169 Å². The maximum Gasteiger partial charge on any atom is 0.257 e. The smallest absolute Gasteiger partial charge is 0.257 e. The third-order valence-electron chi connectivity index (χ3n) is 6.19. The number of anilines is 2. The Morgan fingerprint density at radius 3 is 2.86 bits per heavy atom. The van der Waals surface area contributed by atoms with Gasteiger partial charge in [0.25, 0.3) is 5.56 Å². The molecule has 3 aromatic rings. The highest BCUT2D eigenvalue weighted by Gasteiger charge is 2.22. The number of alkyl halides is 1. The van der Waals surface area contributed by atoms with Crippen LogP contribution in [0.5, 0.6) is 0 Å². The molecular formula is C23H25FN4O. The number of hydrogen-bond donors (Lipinski definition) is 2. The second-order valence-corrected chi connectivity index (χ2v) is 8.08. The molecule has 1 aliphatic heterocycles. The molecule has 0 atom stereocenters. The van der Waals surface area contributed by atoms with E-state index in [1.54, 1.807) is 12.3 Å². The van der Waals surface area contributed by atoms with E-state index in [1.165, 1.54) is 11.1 Å². The predicted molar refractivity (Wildman–Crippen MR) is 113 cm³/mol. The monoisotopic (exact) mass is 392 g/mol. The summed E-state index contributed by atoms with van der Waals surface area (Å²) < 4.78 is 15.2. The Morgan fingerprint density at radius 2 is 2.03 bits per heavy atom. The summed E-state index contributed by atoms with van der Waals surface area (Å²) in [4.78, 5) is 17.4. The first-order chi connectivity index (χ1) is 14.2. The molecule has 3 heterocycles. The lowest BCUT2D eigenvalue weighted by molar-refractivity contribution is 0.467. The Kier molecular flexibility index (Phi) is 4.79. The first-order valence-corrected chi connectivity index (χ1v) is 10.4. The van der Waals surface area contributed by atoms with Gasteiger partial charge in [0.1, 0.15) is 12.5 Å². The summed E-state index contributed by atoms with van der Waals surface area (Å²) in [5, 5.41) is 7.59. The number of pyridine rings is 2. The van der Waals surface area contributed by atoms with E-state index in [-0.39, 0.29) is 17.2 Å². The van der Waals surface area contributed by atoms with Crippen molar-refractivity contribution in [1.82, 2.24) is 14.9 Å². The van der Waals surface area contributed by atoms with Crippen molar-refractivity contribution in [3.8, 4) is 0 Å². The average molecular weight is 392 g/mol. The SMILES string of the molecule is O=c1c(CF)cc2cnc(Nc3ccc4c(c3)CCNC4)cc2n1C1CCCC1. The van der Waals surface area contributed by atoms with Crippen LogP contribution in [0.3, 0.4) is 0 Å². The summed E-state index contributed by atoms with van der Waals surface area (Å²) in [6, 6.07) is 10.1. The fourth-order valence-electron chi connectivity index (χ4n) is 4.68. The summed E-state index contributed by atoms with van der Waals surface area (Å²) in [5.41, 5.74) is 4.53. The molecule has 1 aliphatic carbocycles. The molecule has 5 rings (SSSR count). The van der Waals surface area contributed by atoms with Crippen LogP contribution in [0.2, 0.25) is 0 Å². The van der Waals surface area contributed by atoms with E-state index in [2.05, 4.69) is 33.8 Å². The zero-order chi connectivity index (χ0) is 19.8. The number of halogens is 1. The van der Waals surface area contributed by atoms with Gasteiger partial charge in [0, 0.05) is 41.5 Å². The molecule has 5 nitrogen and oxygen atoms in total. The minimum Gasteiger partial charge on any atom is -0.340 e. The van der Waals surface area contributed by atoms with Gasteiger partial charge in [-0.3, -0.25) is 4.79 Å². The lowest BCUT2D eigenvalue weighted by atomic mass is 10.0. The number of fused-ring (bicyclic) bond motifs is 2. The molecule has 0 amide bonds. The van der Waals surface area contributed by atoms with E-state index in [1.807, 2.05) is 10.6 Å². The van der Waals surface area contributed by atoms with E-state index in [0.29, 0.717) is 5.82 Å². The van der Waals surface area contributed by atoms with Crippen LogP contribution in [0.15, 0.2) is 41.3 Å². The molecule has 0 bridgehead atoms. The number of benzene rings is 1. The van der Waals surface area contributed by atoms with Crippen LogP contribution in [0, 0.1) is 0 Å². The normalized spacial score (nSPS) is 16.9. The summed E-state index contributed by atoms with van der Waals surface area (Å²) in [6.45, 7) is 1.16. The molecule has 0 spiro atoms. The Balaban J connectivity index is 1.55. The van der Waals surface area contributed by atoms with Crippen molar-refractivity contribution in [2.75, 3.05) is 11.9 Å². The van der Waals surface area contributed by atoms with Crippen LogP contribution in [0.25, 0.3) is 10.9 Å². The Hall–Kier alpha value is -2.73. The van der Waals surface area contributed by atoms with Crippen LogP contribution >= 0.6 is 0 Å². The standard InChI is InChI=1S/C23H25FN4O/c24-12-17-9-18-14-26-22(11-21(18)28(23(17)29)20-3-1-2-4-20)27-19-6-5-16-13-25-8-7-15(16)10-19/h5-6,9-11,14,20,25H,1-4,7-8,12-13H2,(H,26,27). The first kappa shape index (κ1) is 18.3. The van der Waals surface area contributed by atoms with Crippen LogP contribution in [-0.4, -0.2) is 16.1 Å². The van der Waals surface area contributed by atoms with Crippen molar-refractivity contribution in [3.63, 3.8) is 0 Å². The first-order valence-electron chi connectivity index (χ1n) is 10.4. The van der Waals surface area contributed by atoms with Gasteiger partial charge in [-0.05, 0) is 55.1 Å². The third kappa shape index (κ3) is 3.42. The topological polar surface area (TPSA) is 59.0 Å². The zero-order valence-electron chi connectivity index (χ0n) is 16.4. The molecule has 2 N–H and O–H groups in total. The Bertz CT molecular complexity index is 1120. The van der Waals surface area contributed by atoms with Gasteiger partial charge in [-0.2, -0.15) is 0 Å².